The third-order valence-electron chi connectivity index (χ3n) is 4.87. The van der Waals surface area contributed by atoms with Crippen molar-refractivity contribution in [1.29, 1.82) is 0 Å². The van der Waals surface area contributed by atoms with Crippen LogP contribution in [0.15, 0.2) is 0 Å². The first kappa shape index (κ1) is 13.3. The standard InChI is InChI=1S/C14H25N3O2/c1-17-5-6-19-11(9-17)8-16-14(18)13-12-4-2-3-10(12)7-15-13/h10-13,15H,2-9H2,1H3,(H,16,18). The minimum absolute atomic E-state index is 0.0359. The van der Waals surface area contributed by atoms with Crippen molar-refractivity contribution in [3.63, 3.8) is 0 Å². The molecule has 2 N–H and O–H groups in total. The zero-order valence-corrected chi connectivity index (χ0v) is 11.7. The average molecular weight is 267 g/mol. The molecule has 1 saturated carbocycles. The van der Waals surface area contributed by atoms with E-state index in [1.165, 1.54) is 19.3 Å². The molecule has 4 unspecified atom stereocenters. The first-order chi connectivity index (χ1) is 9.24. The fourth-order valence-corrected chi connectivity index (χ4v) is 3.79. The number of rotatable bonds is 3. The monoisotopic (exact) mass is 267 g/mol. The summed E-state index contributed by atoms with van der Waals surface area (Å²) in [6.07, 6.45) is 3.93. The van der Waals surface area contributed by atoms with Crippen molar-refractivity contribution in [2.45, 2.75) is 31.4 Å². The number of nitrogens with one attached hydrogen (secondary N) is 2. The normalized spacial score (nSPS) is 39.2. The van der Waals surface area contributed by atoms with Gasteiger partial charge in [0.25, 0.3) is 0 Å². The maximum atomic E-state index is 12.3. The second-order valence-electron chi connectivity index (χ2n) is 6.24. The highest BCUT2D eigenvalue weighted by atomic mass is 16.5. The molecule has 2 aliphatic heterocycles. The Morgan fingerprint density at radius 3 is 3.21 bits per heavy atom. The molecule has 0 radical (unpaired) electrons. The molecule has 19 heavy (non-hydrogen) atoms. The summed E-state index contributed by atoms with van der Waals surface area (Å²) in [5.41, 5.74) is 0. The summed E-state index contributed by atoms with van der Waals surface area (Å²) in [5, 5.41) is 6.47. The van der Waals surface area contributed by atoms with Crippen molar-refractivity contribution in [1.82, 2.24) is 15.5 Å². The fraction of sp³-hybridized carbons (Fsp3) is 0.929. The van der Waals surface area contributed by atoms with E-state index in [4.69, 9.17) is 4.74 Å². The van der Waals surface area contributed by atoms with Gasteiger partial charge in [-0.2, -0.15) is 0 Å². The van der Waals surface area contributed by atoms with E-state index in [-0.39, 0.29) is 18.1 Å². The second-order valence-corrected chi connectivity index (χ2v) is 6.24. The molecule has 3 fully saturated rings. The van der Waals surface area contributed by atoms with Gasteiger partial charge in [0.05, 0.1) is 18.8 Å². The Kier molecular flexibility index (Phi) is 4.05. The van der Waals surface area contributed by atoms with Crippen molar-refractivity contribution in [2.24, 2.45) is 11.8 Å². The van der Waals surface area contributed by atoms with Crippen LogP contribution < -0.4 is 10.6 Å². The third-order valence-corrected chi connectivity index (χ3v) is 4.87. The van der Waals surface area contributed by atoms with Crippen LogP contribution in [0.3, 0.4) is 0 Å². The molecule has 5 heteroatoms. The Hall–Kier alpha value is -0.650. The van der Waals surface area contributed by atoms with Crippen LogP contribution in [0.1, 0.15) is 19.3 Å². The summed E-state index contributed by atoms with van der Waals surface area (Å²) >= 11 is 0. The number of fused-ring (bicyclic) bond motifs is 1. The lowest BCUT2D eigenvalue weighted by Gasteiger charge is -2.30. The van der Waals surface area contributed by atoms with E-state index in [9.17, 15) is 4.79 Å². The van der Waals surface area contributed by atoms with E-state index in [0.717, 1.165) is 32.2 Å². The number of morpholine rings is 1. The number of nitrogens with zero attached hydrogens (tertiary/aromatic N) is 1. The molecule has 2 saturated heterocycles. The van der Waals surface area contributed by atoms with Gasteiger partial charge in [-0.1, -0.05) is 6.42 Å². The van der Waals surface area contributed by atoms with Gasteiger partial charge in [0.1, 0.15) is 0 Å². The van der Waals surface area contributed by atoms with Gasteiger partial charge in [0, 0.05) is 19.6 Å². The van der Waals surface area contributed by atoms with E-state index in [1.54, 1.807) is 0 Å². The van der Waals surface area contributed by atoms with Crippen molar-refractivity contribution in [3.8, 4) is 0 Å². The van der Waals surface area contributed by atoms with Gasteiger partial charge in [0.15, 0.2) is 0 Å². The molecule has 0 aromatic heterocycles. The van der Waals surface area contributed by atoms with Gasteiger partial charge in [0.2, 0.25) is 5.91 Å². The predicted octanol–water partition coefficient (Wildman–Crippen LogP) is -0.179. The number of ether oxygens (including phenoxy) is 1. The molecule has 0 bridgehead atoms. The third kappa shape index (κ3) is 2.93. The lowest BCUT2D eigenvalue weighted by molar-refractivity contribution is -0.124. The average Bonchev–Trinajstić information content (AvgIpc) is 2.98. The van der Waals surface area contributed by atoms with Gasteiger partial charge in [-0.15, -0.1) is 0 Å². The van der Waals surface area contributed by atoms with Gasteiger partial charge in [-0.25, -0.2) is 0 Å². The SMILES string of the molecule is CN1CCOC(CNC(=O)C2NCC3CCCC32)C1. The quantitative estimate of drug-likeness (QED) is 0.745. The Morgan fingerprint density at radius 1 is 1.47 bits per heavy atom. The first-order valence-corrected chi connectivity index (χ1v) is 7.55. The fourth-order valence-electron chi connectivity index (χ4n) is 3.79. The maximum Gasteiger partial charge on any atom is 0.237 e. The van der Waals surface area contributed by atoms with Gasteiger partial charge < -0.3 is 20.3 Å². The minimum Gasteiger partial charge on any atom is -0.374 e. The Balaban J connectivity index is 1.46. The van der Waals surface area contributed by atoms with Crippen molar-refractivity contribution in [3.05, 3.63) is 0 Å². The Bertz CT molecular complexity index is 337. The van der Waals surface area contributed by atoms with E-state index < -0.39 is 0 Å². The minimum atomic E-state index is 0.0359. The zero-order chi connectivity index (χ0) is 13.2. The molecule has 0 spiro atoms. The lowest BCUT2D eigenvalue weighted by Crippen LogP contribution is -2.50. The van der Waals surface area contributed by atoms with E-state index >= 15 is 0 Å². The van der Waals surface area contributed by atoms with Crippen molar-refractivity contribution < 1.29 is 9.53 Å². The number of carbonyl (C=O) groups is 1. The van der Waals surface area contributed by atoms with Crippen molar-refractivity contribution >= 4 is 5.91 Å². The van der Waals surface area contributed by atoms with Gasteiger partial charge in [-0.05, 0) is 38.3 Å². The summed E-state index contributed by atoms with van der Waals surface area (Å²) < 4.78 is 5.67. The first-order valence-electron chi connectivity index (χ1n) is 7.55. The Morgan fingerprint density at radius 2 is 2.37 bits per heavy atom. The van der Waals surface area contributed by atoms with Crippen LogP contribution in [0.4, 0.5) is 0 Å². The van der Waals surface area contributed by atoms with Crippen LogP contribution >= 0.6 is 0 Å². The molecular weight excluding hydrogens is 242 g/mol. The predicted molar refractivity (Wildman–Crippen MR) is 72.9 cm³/mol. The van der Waals surface area contributed by atoms with Gasteiger partial charge in [-0.3, -0.25) is 4.79 Å². The molecule has 3 rings (SSSR count). The maximum absolute atomic E-state index is 12.3. The molecule has 2 heterocycles. The largest absolute Gasteiger partial charge is 0.374 e. The molecule has 0 aromatic carbocycles. The number of likely N-dealkylation sites (N-methyl/N-ethyl adjacent to an activating group) is 1. The van der Waals surface area contributed by atoms with Crippen molar-refractivity contribution in [2.75, 3.05) is 39.8 Å². The zero-order valence-electron chi connectivity index (χ0n) is 11.7. The summed E-state index contributed by atoms with van der Waals surface area (Å²) in [4.78, 5) is 14.5. The molecule has 108 valence electrons. The Labute approximate surface area is 115 Å². The van der Waals surface area contributed by atoms with Crippen LogP contribution in [0, 0.1) is 11.8 Å². The van der Waals surface area contributed by atoms with E-state index in [0.29, 0.717) is 12.5 Å². The summed E-state index contributed by atoms with van der Waals surface area (Å²) in [5.74, 6) is 1.47. The van der Waals surface area contributed by atoms with E-state index in [1.807, 2.05) is 0 Å². The molecule has 3 aliphatic rings. The number of amides is 1. The lowest BCUT2D eigenvalue weighted by atomic mass is 9.93. The topological polar surface area (TPSA) is 53.6 Å². The molecule has 5 nitrogen and oxygen atoms in total. The highest BCUT2D eigenvalue weighted by Gasteiger charge is 2.42. The van der Waals surface area contributed by atoms with Crippen LogP contribution in [-0.4, -0.2) is 62.8 Å². The smallest absolute Gasteiger partial charge is 0.237 e. The van der Waals surface area contributed by atoms with Crippen LogP contribution in [0.25, 0.3) is 0 Å². The van der Waals surface area contributed by atoms with Gasteiger partial charge >= 0.3 is 0 Å². The molecule has 0 aromatic rings. The molecular formula is C14H25N3O2. The highest BCUT2D eigenvalue weighted by Crippen LogP contribution is 2.37. The summed E-state index contributed by atoms with van der Waals surface area (Å²) in [6, 6.07) is 0.0359. The summed E-state index contributed by atoms with van der Waals surface area (Å²) in [7, 11) is 2.10. The summed E-state index contributed by atoms with van der Waals surface area (Å²) in [6.45, 7) is 4.32. The number of hydrogen-bond acceptors (Lipinski definition) is 4. The van der Waals surface area contributed by atoms with Crippen LogP contribution in [0.2, 0.25) is 0 Å². The second kappa shape index (κ2) is 5.77. The highest BCUT2D eigenvalue weighted by molar-refractivity contribution is 5.82. The molecule has 1 aliphatic carbocycles. The van der Waals surface area contributed by atoms with E-state index in [2.05, 4.69) is 22.6 Å². The number of hydrogen-bond donors (Lipinski definition) is 2. The number of carbonyl (C=O) groups excluding carboxylic acids is 1. The van der Waals surface area contributed by atoms with Crippen LogP contribution in [0.5, 0.6) is 0 Å². The van der Waals surface area contributed by atoms with Crippen LogP contribution in [-0.2, 0) is 9.53 Å². The molecule has 4 atom stereocenters. The molecule has 1 amide bonds.